The van der Waals surface area contributed by atoms with Crippen LogP contribution in [0, 0.1) is 6.92 Å². The van der Waals surface area contributed by atoms with E-state index in [0.29, 0.717) is 29.0 Å². The molecule has 0 atom stereocenters. The van der Waals surface area contributed by atoms with E-state index in [9.17, 15) is 15.0 Å². The SMILES string of the molecule is Cc1ccc(-c2nnc(SCc3cc(=O)c(O)co3)n2NCc2ccc(O)cc2)cc1. The van der Waals surface area contributed by atoms with Gasteiger partial charge in [0, 0.05) is 11.6 Å². The summed E-state index contributed by atoms with van der Waals surface area (Å²) in [5.74, 6) is 1.18. The van der Waals surface area contributed by atoms with Crippen molar-refractivity contribution in [2.45, 2.75) is 24.4 Å². The molecule has 4 aromatic rings. The number of thioether (sulfide) groups is 1. The minimum atomic E-state index is -0.492. The molecule has 3 N–H and O–H groups in total. The van der Waals surface area contributed by atoms with Crippen molar-refractivity contribution in [3.8, 4) is 22.9 Å². The lowest BCUT2D eigenvalue weighted by Crippen LogP contribution is -2.17. The maximum absolute atomic E-state index is 11.6. The fraction of sp³-hybridized carbons (Fsp3) is 0.136. The molecule has 158 valence electrons. The first-order chi connectivity index (χ1) is 15.0. The van der Waals surface area contributed by atoms with Gasteiger partial charge in [-0.2, -0.15) is 0 Å². The zero-order chi connectivity index (χ0) is 21.8. The standard InChI is InChI=1S/C22H20N4O4S/c1-14-2-6-16(7-3-14)21-24-25-22(31-13-18-10-19(28)20(29)12-30-18)26(21)23-11-15-4-8-17(27)9-5-15/h2-10,12,23,27,29H,11,13H2,1H3. The van der Waals surface area contributed by atoms with Crippen LogP contribution in [0.15, 0.2) is 75.2 Å². The fourth-order valence-electron chi connectivity index (χ4n) is 2.83. The number of aryl methyl sites for hydroxylation is 1. The van der Waals surface area contributed by atoms with Crippen LogP contribution in [0.1, 0.15) is 16.9 Å². The number of nitrogens with one attached hydrogen (secondary N) is 1. The molecular formula is C22H20N4O4S. The summed E-state index contributed by atoms with van der Waals surface area (Å²) in [7, 11) is 0. The quantitative estimate of drug-likeness (QED) is 0.376. The fourth-order valence-corrected chi connectivity index (χ4v) is 3.64. The second kappa shape index (κ2) is 8.97. The summed E-state index contributed by atoms with van der Waals surface area (Å²) in [4.78, 5) is 11.6. The van der Waals surface area contributed by atoms with E-state index in [2.05, 4.69) is 15.6 Å². The van der Waals surface area contributed by atoms with Crippen LogP contribution >= 0.6 is 11.8 Å². The first kappa shape index (κ1) is 20.5. The average Bonchev–Trinajstić information content (AvgIpc) is 3.17. The van der Waals surface area contributed by atoms with E-state index in [1.807, 2.05) is 43.3 Å². The molecule has 8 nitrogen and oxygen atoms in total. The number of nitrogens with zero attached hydrogens (tertiary/aromatic N) is 3. The van der Waals surface area contributed by atoms with Crippen molar-refractivity contribution in [2.75, 3.05) is 5.43 Å². The van der Waals surface area contributed by atoms with Crippen LogP contribution in [-0.2, 0) is 12.3 Å². The number of hydrogen-bond donors (Lipinski definition) is 3. The number of aromatic hydroxyl groups is 2. The van der Waals surface area contributed by atoms with Crippen LogP contribution in [0.5, 0.6) is 11.5 Å². The Morgan fingerprint density at radius 2 is 1.81 bits per heavy atom. The van der Waals surface area contributed by atoms with Gasteiger partial charge in [-0.3, -0.25) is 4.79 Å². The van der Waals surface area contributed by atoms with Gasteiger partial charge in [-0.15, -0.1) is 10.2 Å². The van der Waals surface area contributed by atoms with Gasteiger partial charge in [-0.05, 0) is 24.6 Å². The van der Waals surface area contributed by atoms with Crippen molar-refractivity contribution in [3.05, 3.63) is 88.0 Å². The zero-order valence-electron chi connectivity index (χ0n) is 16.6. The van der Waals surface area contributed by atoms with Crippen LogP contribution in [0.4, 0.5) is 0 Å². The number of phenols is 1. The maximum atomic E-state index is 11.6. The van der Waals surface area contributed by atoms with E-state index >= 15 is 0 Å². The largest absolute Gasteiger partial charge is 0.508 e. The monoisotopic (exact) mass is 436 g/mol. The zero-order valence-corrected chi connectivity index (χ0v) is 17.5. The summed E-state index contributed by atoms with van der Waals surface area (Å²) >= 11 is 1.34. The molecule has 2 heterocycles. The van der Waals surface area contributed by atoms with Gasteiger partial charge in [0.25, 0.3) is 0 Å². The van der Waals surface area contributed by atoms with Crippen LogP contribution in [0.3, 0.4) is 0 Å². The Bertz CT molecular complexity index is 1230. The Balaban J connectivity index is 1.60. The molecular weight excluding hydrogens is 416 g/mol. The van der Waals surface area contributed by atoms with Crippen molar-refractivity contribution in [3.63, 3.8) is 0 Å². The lowest BCUT2D eigenvalue weighted by molar-refractivity contribution is 0.419. The van der Waals surface area contributed by atoms with Gasteiger partial charge >= 0.3 is 0 Å². The van der Waals surface area contributed by atoms with Crippen LogP contribution in [-0.4, -0.2) is 25.1 Å². The Labute approximate surface area is 182 Å². The van der Waals surface area contributed by atoms with Crippen molar-refractivity contribution in [1.29, 1.82) is 0 Å². The minimum absolute atomic E-state index is 0.208. The normalized spacial score (nSPS) is 10.9. The third-order valence-electron chi connectivity index (χ3n) is 4.53. The highest BCUT2D eigenvalue weighted by Gasteiger charge is 2.15. The second-order valence-corrected chi connectivity index (χ2v) is 7.84. The molecule has 0 saturated heterocycles. The summed E-state index contributed by atoms with van der Waals surface area (Å²) in [6, 6.07) is 16.1. The molecule has 0 aliphatic heterocycles. The first-order valence-electron chi connectivity index (χ1n) is 9.47. The Morgan fingerprint density at radius 1 is 1.06 bits per heavy atom. The van der Waals surface area contributed by atoms with Crippen molar-refractivity contribution < 1.29 is 14.6 Å². The van der Waals surface area contributed by atoms with Crippen LogP contribution in [0.2, 0.25) is 0 Å². The second-order valence-electron chi connectivity index (χ2n) is 6.89. The number of hydrogen-bond acceptors (Lipinski definition) is 8. The highest BCUT2D eigenvalue weighted by Crippen LogP contribution is 2.26. The molecule has 0 saturated carbocycles. The third-order valence-corrected chi connectivity index (χ3v) is 5.48. The summed E-state index contributed by atoms with van der Waals surface area (Å²) in [6.07, 6.45) is 1.03. The summed E-state index contributed by atoms with van der Waals surface area (Å²) in [5.41, 5.74) is 5.85. The summed E-state index contributed by atoms with van der Waals surface area (Å²) in [5, 5.41) is 28.1. The Morgan fingerprint density at radius 3 is 2.52 bits per heavy atom. The summed E-state index contributed by atoms with van der Waals surface area (Å²) < 4.78 is 7.07. The van der Waals surface area contributed by atoms with E-state index in [0.717, 1.165) is 23.0 Å². The molecule has 0 fully saturated rings. The molecule has 0 radical (unpaired) electrons. The smallest absolute Gasteiger partial charge is 0.226 e. The van der Waals surface area contributed by atoms with E-state index < -0.39 is 11.2 Å². The van der Waals surface area contributed by atoms with Gasteiger partial charge in [-0.25, -0.2) is 4.68 Å². The van der Waals surface area contributed by atoms with Crippen molar-refractivity contribution in [1.82, 2.24) is 14.9 Å². The molecule has 2 aromatic heterocycles. The number of aromatic nitrogens is 3. The third kappa shape index (κ3) is 4.89. The maximum Gasteiger partial charge on any atom is 0.226 e. The van der Waals surface area contributed by atoms with Gasteiger partial charge in [0.05, 0.1) is 12.3 Å². The number of rotatable bonds is 7. The van der Waals surface area contributed by atoms with Gasteiger partial charge in [0.1, 0.15) is 17.8 Å². The molecule has 0 spiro atoms. The molecule has 0 unspecified atom stereocenters. The molecule has 31 heavy (non-hydrogen) atoms. The molecule has 9 heteroatoms. The van der Waals surface area contributed by atoms with Gasteiger partial charge in [0.15, 0.2) is 11.6 Å². The predicted molar refractivity (Wildman–Crippen MR) is 118 cm³/mol. The lowest BCUT2D eigenvalue weighted by Gasteiger charge is -2.13. The predicted octanol–water partition coefficient (Wildman–Crippen LogP) is 3.65. The molecule has 0 bridgehead atoms. The molecule has 0 aliphatic rings. The minimum Gasteiger partial charge on any atom is -0.508 e. The topological polar surface area (TPSA) is 113 Å². The van der Waals surface area contributed by atoms with Gasteiger partial charge in [0.2, 0.25) is 10.6 Å². The molecule has 4 rings (SSSR count). The van der Waals surface area contributed by atoms with Crippen molar-refractivity contribution >= 4 is 11.8 Å². The summed E-state index contributed by atoms with van der Waals surface area (Å²) in [6.45, 7) is 2.50. The average molecular weight is 436 g/mol. The van der Waals surface area contributed by atoms with E-state index in [-0.39, 0.29) is 5.75 Å². The van der Waals surface area contributed by atoms with Crippen LogP contribution < -0.4 is 10.9 Å². The Hall–Kier alpha value is -3.72. The molecule has 0 amide bonds. The van der Waals surface area contributed by atoms with E-state index in [4.69, 9.17) is 4.42 Å². The first-order valence-corrected chi connectivity index (χ1v) is 10.5. The lowest BCUT2D eigenvalue weighted by atomic mass is 10.1. The molecule has 2 aromatic carbocycles. The van der Waals surface area contributed by atoms with E-state index in [1.165, 1.54) is 17.8 Å². The highest BCUT2D eigenvalue weighted by molar-refractivity contribution is 7.98. The van der Waals surface area contributed by atoms with Crippen molar-refractivity contribution in [2.24, 2.45) is 0 Å². The van der Waals surface area contributed by atoms with Gasteiger partial charge in [-0.1, -0.05) is 53.7 Å². The number of phenolic OH excluding ortho intramolecular Hbond substituents is 1. The van der Waals surface area contributed by atoms with Gasteiger partial charge < -0.3 is 20.1 Å². The Kier molecular flexibility index (Phi) is 5.94. The van der Waals surface area contributed by atoms with Crippen LogP contribution in [0.25, 0.3) is 11.4 Å². The highest BCUT2D eigenvalue weighted by atomic mass is 32.2. The molecule has 0 aliphatic carbocycles. The van der Waals surface area contributed by atoms with E-state index in [1.54, 1.807) is 16.8 Å². The number of benzene rings is 2.